The van der Waals surface area contributed by atoms with Crippen molar-refractivity contribution in [1.29, 1.82) is 0 Å². The van der Waals surface area contributed by atoms with Crippen molar-refractivity contribution in [3.8, 4) is 10.8 Å². The largest absolute Gasteiger partial charge is 0.333 e. The molecule has 5 nitrogen and oxygen atoms in total. The Balaban J connectivity index is 1.43. The lowest BCUT2D eigenvalue weighted by atomic mass is 9.78. The molecule has 6 heteroatoms. The lowest BCUT2D eigenvalue weighted by Crippen LogP contribution is -2.38. The van der Waals surface area contributed by atoms with Crippen LogP contribution in [-0.2, 0) is 6.54 Å². The summed E-state index contributed by atoms with van der Waals surface area (Å²) in [6, 6.07) is 4.38. The summed E-state index contributed by atoms with van der Waals surface area (Å²) in [6.45, 7) is 2.98. The lowest BCUT2D eigenvalue weighted by molar-refractivity contribution is 0.259. The summed E-state index contributed by atoms with van der Waals surface area (Å²) in [5, 5.41) is 6.14. The van der Waals surface area contributed by atoms with E-state index in [1.165, 1.54) is 19.3 Å². The van der Waals surface area contributed by atoms with Crippen LogP contribution in [-0.4, -0.2) is 34.2 Å². The first-order chi connectivity index (χ1) is 10.3. The van der Waals surface area contributed by atoms with Crippen LogP contribution in [0.1, 0.15) is 25.1 Å². The third kappa shape index (κ3) is 2.63. The summed E-state index contributed by atoms with van der Waals surface area (Å²) >= 11 is 1.62. The molecule has 2 aromatic heterocycles. The first-order valence-corrected chi connectivity index (χ1v) is 8.52. The number of nitrogens with two attached hydrogens (primary N) is 1. The van der Waals surface area contributed by atoms with Gasteiger partial charge in [0.2, 0.25) is 0 Å². The third-order valence-corrected chi connectivity index (χ3v) is 5.65. The van der Waals surface area contributed by atoms with Crippen LogP contribution in [0.15, 0.2) is 22.0 Å². The highest BCUT2D eigenvalue weighted by atomic mass is 32.1. The van der Waals surface area contributed by atoms with Crippen molar-refractivity contribution < 1.29 is 4.52 Å². The Kier molecular flexibility index (Phi) is 3.52. The molecule has 0 radical (unpaired) electrons. The van der Waals surface area contributed by atoms with Crippen molar-refractivity contribution in [2.75, 3.05) is 13.1 Å². The van der Waals surface area contributed by atoms with Gasteiger partial charge < -0.3 is 10.3 Å². The first kappa shape index (κ1) is 13.4. The molecule has 21 heavy (non-hydrogen) atoms. The van der Waals surface area contributed by atoms with Gasteiger partial charge in [0.25, 0.3) is 5.89 Å². The number of fused-ring (bicyclic) bond motifs is 1. The highest BCUT2D eigenvalue weighted by Crippen LogP contribution is 2.36. The van der Waals surface area contributed by atoms with Gasteiger partial charge in [-0.05, 0) is 36.1 Å². The number of likely N-dealkylation sites (tertiary alicyclic amines) is 1. The Morgan fingerprint density at radius 2 is 2.33 bits per heavy atom. The highest BCUT2D eigenvalue weighted by molar-refractivity contribution is 7.13. The smallest absolute Gasteiger partial charge is 0.268 e. The van der Waals surface area contributed by atoms with E-state index in [-0.39, 0.29) is 0 Å². The van der Waals surface area contributed by atoms with Crippen LogP contribution in [0.25, 0.3) is 10.8 Å². The second kappa shape index (κ2) is 5.51. The van der Waals surface area contributed by atoms with Gasteiger partial charge in [0.1, 0.15) is 0 Å². The number of hydrogen-bond acceptors (Lipinski definition) is 6. The van der Waals surface area contributed by atoms with Gasteiger partial charge >= 0.3 is 0 Å². The first-order valence-electron chi connectivity index (χ1n) is 7.64. The summed E-state index contributed by atoms with van der Waals surface area (Å²) in [6.07, 6.45) is 3.78. The molecule has 1 saturated heterocycles. The predicted molar refractivity (Wildman–Crippen MR) is 81.7 cm³/mol. The van der Waals surface area contributed by atoms with Crippen LogP contribution in [0.4, 0.5) is 0 Å². The van der Waals surface area contributed by atoms with E-state index in [0.717, 1.165) is 36.3 Å². The fourth-order valence-corrected chi connectivity index (χ4v) is 4.40. The minimum atomic E-state index is 0.376. The molecule has 1 aliphatic carbocycles. The van der Waals surface area contributed by atoms with E-state index in [9.17, 15) is 0 Å². The Hall–Kier alpha value is -1.24. The fourth-order valence-electron chi connectivity index (χ4n) is 3.76. The number of aromatic nitrogens is 2. The maximum absolute atomic E-state index is 6.27. The summed E-state index contributed by atoms with van der Waals surface area (Å²) in [5.41, 5.74) is 6.27. The normalized spacial score (nSPS) is 29.7. The molecule has 4 rings (SSSR count). The van der Waals surface area contributed by atoms with Crippen LogP contribution in [0.3, 0.4) is 0 Å². The van der Waals surface area contributed by atoms with Crippen molar-refractivity contribution in [2.24, 2.45) is 17.6 Å². The minimum Gasteiger partial charge on any atom is -0.333 e. The number of nitrogens with zero attached hydrogens (tertiary/aromatic N) is 3. The molecule has 0 aromatic carbocycles. The maximum Gasteiger partial charge on any atom is 0.268 e. The van der Waals surface area contributed by atoms with E-state index >= 15 is 0 Å². The average Bonchev–Trinajstić information content (AvgIpc) is 3.18. The molecule has 2 aliphatic rings. The van der Waals surface area contributed by atoms with Crippen LogP contribution >= 0.6 is 11.3 Å². The number of rotatable bonds is 3. The van der Waals surface area contributed by atoms with Gasteiger partial charge in [-0.25, -0.2) is 0 Å². The van der Waals surface area contributed by atoms with Gasteiger partial charge in [0, 0.05) is 19.1 Å². The van der Waals surface area contributed by atoms with E-state index in [2.05, 4.69) is 15.0 Å². The Morgan fingerprint density at radius 1 is 1.38 bits per heavy atom. The van der Waals surface area contributed by atoms with Crippen molar-refractivity contribution in [2.45, 2.75) is 31.8 Å². The SMILES string of the molecule is NC1CCCC2CN(Cc3noc(-c4cccs4)n3)CC12. The van der Waals surface area contributed by atoms with Crippen molar-refractivity contribution in [1.82, 2.24) is 15.0 Å². The molecule has 3 heterocycles. The van der Waals surface area contributed by atoms with Crippen LogP contribution in [0.2, 0.25) is 0 Å². The topological polar surface area (TPSA) is 68.2 Å². The third-order valence-electron chi connectivity index (χ3n) is 4.79. The standard InChI is InChI=1S/C15H20N4OS/c16-12-4-1-3-10-7-19(8-11(10)12)9-14-17-15(20-18-14)13-5-2-6-21-13/h2,5-6,10-12H,1,3-4,7-9,16H2. The average molecular weight is 304 g/mol. The molecule has 1 aliphatic heterocycles. The lowest BCUT2D eigenvalue weighted by Gasteiger charge is -2.29. The molecule has 3 unspecified atom stereocenters. The molecule has 2 aromatic rings. The maximum atomic E-state index is 6.27. The molecule has 3 atom stereocenters. The number of hydrogen-bond donors (Lipinski definition) is 1. The number of thiophene rings is 1. The van der Waals surface area contributed by atoms with Crippen LogP contribution < -0.4 is 5.73 Å². The zero-order valence-electron chi connectivity index (χ0n) is 11.9. The predicted octanol–water partition coefficient (Wildman–Crippen LogP) is 2.36. The molecule has 0 spiro atoms. The molecule has 112 valence electrons. The van der Waals surface area contributed by atoms with E-state index < -0.39 is 0 Å². The molecule has 0 amide bonds. The monoisotopic (exact) mass is 304 g/mol. The second-order valence-electron chi connectivity index (χ2n) is 6.21. The molecule has 0 bridgehead atoms. The van der Waals surface area contributed by atoms with Gasteiger partial charge in [-0.1, -0.05) is 17.6 Å². The summed E-state index contributed by atoms with van der Waals surface area (Å²) in [7, 11) is 0. The second-order valence-corrected chi connectivity index (χ2v) is 7.15. The highest BCUT2D eigenvalue weighted by Gasteiger charge is 2.38. The van der Waals surface area contributed by atoms with Gasteiger partial charge in [0.05, 0.1) is 11.4 Å². The molecular weight excluding hydrogens is 284 g/mol. The Bertz CT molecular complexity index is 597. The summed E-state index contributed by atoms with van der Waals surface area (Å²) in [5.74, 6) is 2.83. The summed E-state index contributed by atoms with van der Waals surface area (Å²) < 4.78 is 5.36. The molecule has 2 fully saturated rings. The van der Waals surface area contributed by atoms with Crippen molar-refractivity contribution in [3.63, 3.8) is 0 Å². The quantitative estimate of drug-likeness (QED) is 0.942. The zero-order chi connectivity index (χ0) is 14.2. The molecule has 2 N–H and O–H groups in total. The Labute approximate surface area is 128 Å². The van der Waals surface area contributed by atoms with Crippen LogP contribution in [0, 0.1) is 11.8 Å². The summed E-state index contributed by atoms with van der Waals surface area (Å²) in [4.78, 5) is 7.98. The fraction of sp³-hybridized carbons (Fsp3) is 0.600. The van der Waals surface area contributed by atoms with E-state index in [0.29, 0.717) is 17.9 Å². The Morgan fingerprint density at radius 3 is 3.14 bits per heavy atom. The van der Waals surface area contributed by atoms with Gasteiger partial charge in [0.15, 0.2) is 5.82 Å². The molecule has 1 saturated carbocycles. The van der Waals surface area contributed by atoms with Crippen molar-refractivity contribution in [3.05, 3.63) is 23.3 Å². The van der Waals surface area contributed by atoms with E-state index in [4.69, 9.17) is 10.3 Å². The zero-order valence-corrected chi connectivity index (χ0v) is 12.8. The van der Waals surface area contributed by atoms with Gasteiger partial charge in [-0.3, -0.25) is 4.90 Å². The van der Waals surface area contributed by atoms with E-state index in [1.807, 2.05) is 17.5 Å². The molecular formula is C15H20N4OS. The van der Waals surface area contributed by atoms with Crippen LogP contribution in [0.5, 0.6) is 0 Å². The van der Waals surface area contributed by atoms with Crippen molar-refractivity contribution >= 4 is 11.3 Å². The van der Waals surface area contributed by atoms with Gasteiger partial charge in [-0.2, -0.15) is 4.98 Å². The van der Waals surface area contributed by atoms with E-state index in [1.54, 1.807) is 11.3 Å². The van der Waals surface area contributed by atoms with Gasteiger partial charge in [-0.15, -0.1) is 11.3 Å². The minimum absolute atomic E-state index is 0.376.